The van der Waals surface area contributed by atoms with Gasteiger partial charge >= 0.3 is 13.2 Å². The number of hydrogen-bond donors (Lipinski definition) is 2. The number of rotatable bonds is 6. The van der Waals surface area contributed by atoms with Crippen LogP contribution in [0.3, 0.4) is 0 Å². The Labute approximate surface area is 226 Å². The van der Waals surface area contributed by atoms with E-state index < -0.39 is 41.8 Å². The zero-order valence-electron chi connectivity index (χ0n) is 22.3. The number of ether oxygens (including phenoxy) is 1. The molecule has 0 bridgehead atoms. The van der Waals surface area contributed by atoms with Crippen molar-refractivity contribution in [1.29, 1.82) is 0 Å². The highest BCUT2D eigenvalue weighted by atomic mass is 19.1. The molecule has 9 heteroatoms. The monoisotopic (exact) mass is 533 g/mol. The first kappa shape index (κ1) is 26.9. The molecule has 0 atom stereocenters. The number of fused-ring (bicyclic) bond motifs is 3. The molecule has 1 fully saturated rings. The molecule has 1 amide bonds. The third kappa shape index (κ3) is 5.16. The maximum Gasteiger partial charge on any atom is 0.492 e. The van der Waals surface area contributed by atoms with E-state index in [0.29, 0.717) is 0 Å². The summed E-state index contributed by atoms with van der Waals surface area (Å²) in [7, 11) is -0.975. The van der Waals surface area contributed by atoms with Gasteiger partial charge in [-0.1, -0.05) is 54.6 Å². The van der Waals surface area contributed by atoms with Crippen LogP contribution >= 0.6 is 0 Å². The highest BCUT2D eigenvalue weighted by Gasteiger charge is 2.52. The van der Waals surface area contributed by atoms with Crippen LogP contribution in [-0.2, 0) is 14.0 Å². The molecule has 0 saturated carbocycles. The molecule has 3 aromatic rings. The van der Waals surface area contributed by atoms with Gasteiger partial charge in [0.1, 0.15) is 24.0 Å². The first-order valence-corrected chi connectivity index (χ1v) is 12.8. The molecule has 2 aliphatic rings. The van der Waals surface area contributed by atoms with Crippen LogP contribution in [-0.4, -0.2) is 42.7 Å². The van der Waals surface area contributed by atoms with Crippen molar-refractivity contribution in [3.05, 3.63) is 94.5 Å². The van der Waals surface area contributed by atoms with Gasteiger partial charge in [0.2, 0.25) is 0 Å². The van der Waals surface area contributed by atoms with Crippen LogP contribution < -0.4 is 5.32 Å². The maximum absolute atomic E-state index is 14.6. The summed E-state index contributed by atoms with van der Waals surface area (Å²) < 4.78 is 46.9. The predicted octanol–water partition coefficient (Wildman–Crippen LogP) is 6.22. The van der Waals surface area contributed by atoms with Gasteiger partial charge in [0, 0.05) is 30.2 Å². The summed E-state index contributed by atoms with van der Waals surface area (Å²) in [5.41, 5.74) is 2.87. The van der Waals surface area contributed by atoms with Crippen LogP contribution in [0, 0.1) is 11.6 Å². The molecule has 1 aliphatic heterocycles. The van der Waals surface area contributed by atoms with Crippen molar-refractivity contribution in [2.24, 2.45) is 0 Å². The Morgan fingerprint density at radius 2 is 1.49 bits per heavy atom. The van der Waals surface area contributed by atoms with Crippen LogP contribution in [0.1, 0.15) is 50.3 Å². The molecule has 0 aromatic heterocycles. The number of carbonyl (C=O) groups is 1. The van der Waals surface area contributed by atoms with E-state index in [0.717, 1.165) is 34.4 Å². The van der Waals surface area contributed by atoms with Gasteiger partial charge in [-0.2, -0.15) is 0 Å². The van der Waals surface area contributed by atoms with Gasteiger partial charge in [-0.05, 0) is 55.4 Å². The van der Waals surface area contributed by atoms with Gasteiger partial charge in [-0.25, -0.2) is 13.6 Å². The van der Waals surface area contributed by atoms with Crippen molar-refractivity contribution >= 4 is 19.3 Å². The third-order valence-corrected chi connectivity index (χ3v) is 7.73. The Bertz CT molecular complexity index is 1370. The number of phenols is 1. The number of alkyl carbamates (subject to hydrolysis) is 1. The number of phenolic OH excluding ortho intramolecular Hbond substituents is 1. The lowest BCUT2D eigenvalue weighted by atomic mass is 9.77. The molecule has 1 heterocycles. The Hall–Kier alpha value is -3.69. The van der Waals surface area contributed by atoms with Crippen LogP contribution in [0.15, 0.2) is 66.1 Å². The normalized spacial score (nSPS) is 17.6. The lowest BCUT2D eigenvalue weighted by molar-refractivity contribution is 0.00578. The Balaban J connectivity index is 1.33. The predicted molar refractivity (Wildman–Crippen MR) is 145 cm³/mol. The average molecular weight is 533 g/mol. The van der Waals surface area contributed by atoms with E-state index in [2.05, 4.69) is 17.4 Å². The molecule has 0 unspecified atom stereocenters. The second kappa shape index (κ2) is 10.1. The van der Waals surface area contributed by atoms with E-state index >= 15 is 0 Å². The van der Waals surface area contributed by atoms with Crippen molar-refractivity contribution in [2.75, 3.05) is 13.2 Å². The molecule has 1 aliphatic carbocycles. The molecule has 202 valence electrons. The highest BCUT2D eigenvalue weighted by Crippen LogP contribution is 2.44. The SMILES string of the molecule is CC1(C)OB(C(=Cc2c(F)cc(O)cc2F)CNC(=O)OCC2c3ccccc3-c3ccccc32)OC1(C)C. The quantitative estimate of drug-likeness (QED) is 0.368. The molecule has 2 N–H and O–H groups in total. The first-order chi connectivity index (χ1) is 18.5. The summed E-state index contributed by atoms with van der Waals surface area (Å²) >= 11 is 0. The molecule has 0 spiro atoms. The molecule has 6 nitrogen and oxygen atoms in total. The van der Waals surface area contributed by atoms with Crippen molar-refractivity contribution in [3.8, 4) is 16.9 Å². The smallest absolute Gasteiger partial charge is 0.492 e. The number of aromatic hydroxyl groups is 1. The topological polar surface area (TPSA) is 77.0 Å². The fourth-order valence-electron chi connectivity index (χ4n) is 4.91. The number of nitrogens with one attached hydrogen (secondary N) is 1. The minimum atomic E-state index is -0.975. The average Bonchev–Trinajstić information content (AvgIpc) is 3.31. The minimum absolute atomic E-state index is 0.110. The minimum Gasteiger partial charge on any atom is -0.508 e. The summed E-state index contributed by atoms with van der Waals surface area (Å²) in [4.78, 5) is 12.8. The number of halogens is 2. The largest absolute Gasteiger partial charge is 0.508 e. The van der Waals surface area contributed by atoms with Gasteiger partial charge in [0.05, 0.1) is 11.2 Å². The van der Waals surface area contributed by atoms with Crippen LogP contribution in [0.4, 0.5) is 13.6 Å². The van der Waals surface area contributed by atoms with E-state index in [4.69, 9.17) is 14.0 Å². The highest BCUT2D eigenvalue weighted by molar-refractivity contribution is 6.56. The molecule has 3 aromatic carbocycles. The zero-order valence-corrected chi connectivity index (χ0v) is 22.3. The van der Waals surface area contributed by atoms with Crippen molar-refractivity contribution in [1.82, 2.24) is 5.32 Å². The standard InChI is InChI=1S/C30H30BF2NO5/c1-29(2)30(3,4)39-31(38-29)18(13-24-26(32)14-19(35)15-27(24)33)16-34-28(36)37-17-25-22-11-7-5-9-20(22)21-10-6-8-12-23(21)25/h5-15,25,35H,16-17H2,1-4H3,(H,34,36). The summed E-state index contributed by atoms with van der Waals surface area (Å²) in [6.07, 6.45) is 0.543. The second-order valence-corrected chi connectivity index (χ2v) is 10.8. The van der Waals surface area contributed by atoms with Crippen LogP contribution in [0.25, 0.3) is 17.2 Å². The van der Waals surface area contributed by atoms with Gasteiger partial charge < -0.3 is 24.5 Å². The van der Waals surface area contributed by atoms with Gasteiger partial charge in [-0.15, -0.1) is 0 Å². The number of amides is 1. The van der Waals surface area contributed by atoms with E-state index in [9.17, 15) is 18.7 Å². The van der Waals surface area contributed by atoms with Crippen LogP contribution in [0.2, 0.25) is 0 Å². The fourth-order valence-corrected chi connectivity index (χ4v) is 4.91. The van der Waals surface area contributed by atoms with E-state index in [-0.39, 0.29) is 30.1 Å². The van der Waals surface area contributed by atoms with Gasteiger partial charge in [0.25, 0.3) is 0 Å². The van der Waals surface area contributed by atoms with E-state index in [1.54, 1.807) is 0 Å². The number of hydrogen-bond acceptors (Lipinski definition) is 5. The molecule has 0 radical (unpaired) electrons. The maximum atomic E-state index is 14.6. The van der Waals surface area contributed by atoms with Gasteiger partial charge in [0.15, 0.2) is 0 Å². The molecule has 5 rings (SSSR count). The second-order valence-electron chi connectivity index (χ2n) is 10.8. The molecule has 39 heavy (non-hydrogen) atoms. The van der Waals surface area contributed by atoms with Crippen molar-refractivity contribution < 1.29 is 32.7 Å². The Morgan fingerprint density at radius 1 is 0.974 bits per heavy atom. The summed E-state index contributed by atoms with van der Waals surface area (Å²) in [6.45, 7) is 7.39. The van der Waals surface area contributed by atoms with Crippen molar-refractivity contribution in [2.45, 2.75) is 44.8 Å². The number of benzene rings is 3. The lowest BCUT2D eigenvalue weighted by Crippen LogP contribution is -2.41. The lowest BCUT2D eigenvalue weighted by Gasteiger charge is -2.32. The van der Waals surface area contributed by atoms with E-state index in [1.165, 1.54) is 6.08 Å². The van der Waals surface area contributed by atoms with E-state index in [1.807, 2.05) is 64.1 Å². The first-order valence-electron chi connectivity index (χ1n) is 12.8. The van der Waals surface area contributed by atoms with Crippen molar-refractivity contribution in [3.63, 3.8) is 0 Å². The summed E-state index contributed by atoms with van der Waals surface area (Å²) in [5, 5.41) is 12.2. The zero-order chi connectivity index (χ0) is 27.9. The molecule has 1 saturated heterocycles. The molecular formula is C30H30BF2NO5. The Morgan fingerprint density at radius 3 is 2.03 bits per heavy atom. The Kier molecular flexibility index (Phi) is 6.99. The third-order valence-electron chi connectivity index (χ3n) is 7.73. The van der Waals surface area contributed by atoms with Gasteiger partial charge in [-0.3, -0.25) is 0 Å². The summed E-state index contributed by atoms with van der Waals surface area (Å²) in [5.74, 6) is -2.55. The molecular weight excluding hydrogens is 503 g/mol. The van der Waals surface area contributed by atoms with Crippen LogP contribution in [0.5, 0.6) is 5.75 Å². The fraction of sp³-hybridized carbons (Fsp3) is 0.300. The number of carbonyl (C=O) groups excluding carboxylic acids is 1. The summed E-state index contributed by atoms with van der Waals surface area (Å²) in [6, 6.07) is 17.7.